The van der Waals surface area contributed by atoms with Crippen LogP contribution >= 0.6 is 0 Å². The lowest BCUT2D eigenvalue weighted by Crippen LogP contribution is -2.30. The van der Waals surface area contributed by atoms with Crippen LogP contribution in [0.1, 0.15) is 12.2 Å². The molecule has 1 aromatic heterocycles. The van der Waals surface area contributed by atoms with E-state index >= 15 is 0 Å². The first-order valence-corrected chi connectivity index (χ1v) is 5.74. The number of carboxylic acids is 1. The largest absolute Gasteiger partial charge is 0.480 e. The van der Waals surface area contributed by atoms with Gasteiger partial charge in [-0.1, -0.05) is 18.2 Å². The van der Waals surface area contributed by atoms with Gasteiger partial charge < -0.3 is 15.4 Å². The number of para-hydroxylation sites is 1. The first kappa shape index (κ1) is 12.3. The van der Waals surface area contributed by atoms with Gasteiger partial charge >= 0.3 is 5.97 Å². The Morgan fingerprint density at radius 2 is 2.11 bits per heavy atom. The zero-order valence-corrected chi connectivity index (χ0v) is 9.86. The zero-order chi connectivity index (χ0) is 13.0. The molecular weight excluding hydrogens is 230 g/mol. The summed E-state index contributed by atoms with van der Waals surface area (Å²) in [7, 11) is 0. The Morgan fingerprint density at radius 3 is 2.78 bits per heavy atom. The number of aryl methyl sites for hydroxylation is 1. The third kappa shape index (κ3) is 2.75. The molecule has 0 bridgehead atoms. The second kappa shape index (κ2) is 5.46. The van der Waals surface area contributed by atoms with Crippen molar-refractivity contribution < 1.29 is 9.90 Å². The Morgan fingerprint density at radius 1 is 1.39 bits per heavy atom. The van der Waals surface area contributed by atoms with Gasteiger partial charge in [-0.15, -0.1) is 0 Å². The number of rotatable bonds is 5. The van der Waals surface area contributed by atoms with Gasteiger partial charge in [-0.25, -0.2) is 4.98 Å². The van der Waals surface area contributed by atoms with Gasteiger partial charge in [0.25, 0.3) is 0 Å². The van der Waals surface area contributed by atoms with Crippen molar-refractivity contribution in [1.82, 2.24) is 9.55 Å². The van der Waals surface area contributed by atoms with Crippen LogP contribution in [-0.4, -0.2) is 26.7 Å². The van der Waals surface area contributed by atoms with Crippen LogP contribution in [0, 0.1) is 0 Å². The summed E-state index contributed by atoms with van der Waals surface area (Å²) in [5.41, 5.74) is 6.49. The molecule has 94 valence electrons. The van der Waals surface area contributed by atoms with E-state index in [0.29, 0.717) is 12.8 Å². The highest BCUT2D eigenvalue weighted by Crippen LogP contribution is 2.11. The lowest BCUT2D eigenvalue weighted by molar-refractivity contribution is -0.138. The predicted molar refractivity (Wildman–Crippen MR) is 67.5 cm³/mol. The van der Waals surface area contributed by atoms with E-state index in [0.717, 1.165) is 11.5 Å². The number of benzene rings is 1. The Bertz CT molecular complexity index is 522. The molecule has 5 nitrogen and oxygen atoms in total. The van der Waals surface area contributed by atoms with Crippen LogP contribution in [0.15, 0.2) is 42.7 Å². The summed E-state index contributed by atoms with van der Waals surface area (Å²) in [4.78, 5) is 14.9. The van der Waals surface area contributed by atoms with Crippen molar-refractivity contribution in [3.05, 3.63) is 48.5 Å². The molecule has 0 fully saturated rings. The number of nitrogens with two attached hydrogens (primary N) is 1. The van der Waals surface area contributed by atoms with E-state index in [1.54, 1.807) is 6.20 Å². The lowest BCUT2D eigenvalue weighted by Gasteiger charge is -2.09. The molecule has 0 saturated heterocycles. The summed E-state index contributed by atoms with van der Waals surface area (Å²) in [5.74, 6) is -0.161. The predicted octanol–water partition coefficient (Wildman–Crippen LogP) is 1.22. The monoisotopic (exact) mass is 245 g/mol. The average molecular weight is 245 g/mol. The van der Waals surface area contributed by atoms with E-state index in [1.165, 1.54) is 0 Å². The van der Waals surface area contributed by atoms with Gasteiger partial charge in [-0.3, -0.25) is 4.79 Å². The van der Waals surface area contributed by atoms with Gasteiger partial charge in [0.2, 0.25) is 0 Å². The second-order valence-corrected chi connectivity index (χ2v) is 4.03. The first-order valence-electron chi connectivity index (χ1n) is 5.74. The van der Waals surface area contributed by atoms with Gasteiger partial charge in [-0.05, 0) is 18.6 Å². The summed E-state index contributed by atoms with van der Waals surface area (Å²) in [6.45, 7) is 0. The van der Waals surface area contributed by atoms with Crippen molar-refractivity contribution in [2.75, 3.05) is 0 Å². The van der Waals surface area contributed by atoms with E-state index in [-0.39, 0.29) is 0 Å². The third-order valence-electron chi connectivity index (χ3n) is 2.75. The Hall–Kier alpha value is -2.14. The van der Waals surface area contributed by atoms with Gasteiger partial charge in [0.05, 0.1) is 0 Å². The number of hydrogen-bond donors (Lipinski definition) is 2. The molecule has 0 amide bonds. The fraction of sp³-hybridized carbons (Fsp3) is 0.231. The molecule has 18 heavy (non-hydrogen) atoms. The van der Waals surface area contributed by atoms with Gasteiger partial charge in [-0.2, -0.15) is 0 Å². The fourth-order valence-electron chi connectivity index (χ4n) is 1.75. The standard InChI is InChI=1S/C13H15N3O2/c14-11(13(17)18)6-7-12-15-8-9-16(12)10-4-2-1-3-5-10/h1-5,8-9,11H,6-7,14H2,(H,17,18)/t11-/m0/s1. The maximum Gasteiger partial charge on any atom is 0.320 e. The van der Waals surface area contributed by atoms with E-state index in [9.17, 15) is 4.79 Å². The minimum Gasteiger partial charge on any atom is -0.480 e. The molecule has 0 radical (unpaired) electrons. The van der Waals surface area contributed by atoms with Gasteiger partial charge in [0.1, 0.15) is 11.9 Å². The molecule has 0 aliphatic carbocycles. The molecule has 2 aromatic rings. The normalized spacial score (nSPS) is 12.3. The summed E-state index contributed by atoms with van der Waals surface area (Å²) >= 11 is 0. The minimum atomic E-state index is -0.979. The molecule has 0 unspecified atom stereocenters. The fourth-order valence-corrected chi connectivity index (χ4v) is 1.75. The van der Waals surface area contributed by atoms with Crippen LogP contribution in [0.25, 0.3) is 5.69 Å². The van der Waals surface area contributed by atoms with Crippen molar-refractivity contribution >= 4 is 5.97 Å². The van der Waals surface area contributed by atoms with Gasteiger partial charge in [0, 0.05) is 24.5 Å². The van der Waals surface area contributed by atoms with Crippen LogP contribution < -0.4 is 5.73 Å². The quantitative estimate of drug-likeness (QED) is 0.829. The maximum atomic E-state index is 10.7. The zero-order valence-electron chi connectivity index (χ0n) is 9.86. The molecular formula is C13H15N3O2. The number of nitrogens with zero attached hydrogens (tertiary/aromatic N) is 2. The number of carboxylic acid groups (broad SMARTS) is 1. The topological polar surface area (TPSA) is 81.1 Å². The van der Waals surface area contributed by atoms with Crippen molar-refractivity contribution in [2.45, 2.75) is 18.9 Å². The van der Waals surface area contributed by atoms with Crippen molar-refractivity contribution in [3.8, 4) is 5.69 Å². The van der Waals surface area contributed by atoms with Crippen LogP contribution in [0.4, 0.5) is 0 Å². The number of imidazole rings is 1. The van der Waals surface area contributed by atoms with Crippen LogP contribution in [0.3, 0.4) is 0 Å². The van der Waals surface area contributed by atoms with Crippen LogP contribution in [-0.2, 0) is 11.2 Å². The smallest absolute Gasteiger partial charge is 0.320 e. The highest BCUT2D eigenvalue weighted by Gasteiger charge is 2.13. The molecule has 0 aliphatic heterocycles. The molecule has 2 rings (SSSR count). The first-order chi connectivity index (χ1) is 8.68. The number of hydrogen-bond acceptors (Lipinski definition) is 3. The molecule has 0 aliphatic rings. The molecule has 0 spiro atoms. The van der Waals surface area contributed by atoms with Crippen molar-refractivity contribution in [1.29, 1.82) is 0 Å². The van der Waals surface area contributed by atoms with Crippen molar-refractivity contribution in [2.24, 2.45) is 5.73 Å². The average Bonchev–Trinajstić information content (AvgIpc) is 2.85. The van der Waals surface area contributed by atoms with E-state index < -0.39 is 12.0 Å². The van der Waals surface area contributed by atoms with Crippen LogP contribution in [0.2, 0.25) is 0 Å². The van der Waals surface area contributed by atoms with Gasteiger partial charge in [0.15, 0.2) is 0 Å². The summed E-state index contributed by atoms with van der Waals surface area (Å²) < 4.78 is 1.94. The third-order valence-corrected chi connectivity index (χ3v) is 2.75. The van der Waals surface area contributed by atoms with E-state index in [2.05, 4.69) is 4.98 Å². The maximum absolute atomic E-state index is 10.7. The summed E-state index contributed by atoms with van der Waals surface area (Å²) in [5, 5.41) is 8.74. The molecule has 3 N–H and O–H groups in total. The molecule has 0 saturated carbocycles. The Balaban J connectivity index is 2.12. The van der Waals surface area contributed by atoms with E-state index in [1.807, 2.05) is 41.1 Å². The summed E-state index contributed by atoms with van der Waals surface area (Å²) in [6, 6.07) is 8.95. The molecule has 1 heterocycles. The lowest BCUT2D eigenvalue weighted by atomic mass is 10.1. The highest BCUT2D eigenvalue weighted by atomic mass is 16.4. The second-order valence-electron chi connectivity index (χ2n) is 4.03. The number of aliphatic carboxylic acids is 1. The minimum absolute atomic E-state index is 0.374. The van der Waals surface area contributed by atoms with Crippen LogP contribution in [0.5, 0.6) is 0 Å². The van der Waals surface area contributed by atoms with Crippen molar-refractivity contribution in [3.63, 3.8) is 0 Å². The Kier molecular flexibility index (Phi) is 3.74. The highest BCUT2D eigenvalue weighted by molar-refractivity contribution is 5.73. The van der Waals surface area contributed by atoms with E-state index in [4.69, 9.17) is 10.8 Å². The molecule has 1 atom stereocenters. The number of carbonyl (C=O) groups is 1. The summed E-state index contributed by atoms with van der Waals surface area (Å²) in [6.07, 6.45) is 4.47. The molecule has 5 heteroatoms. The Labute approximate surface area is 105 Å². The molecule has 1 aromatic carbocycles. The number of aromatic nitrogens is 2. The SMILES string of the molecule is N[C@@H](CCc1nccn1-c1ccccc1)C(=O)O.